The van der Waals surface area contributed by atoms with Gasteiger partial charge < -0.3 is 15.0 Å². The monoisotopic (exact) mass is 304 g/mol. The number of piperidine rings is 1. The van der Waals surface area contributed by atoms with Gasteiger partial charge in [-0.05, 0) is 18.9 Å². The lowest BCUT2D eigenvalue weighted by molar-refractivity contribution is -0.139. The van der Waals surface area contributed by atoms with E-state index in [1.807, 2.05) is 31.2 Å². The Labute approximate surface area is 131 Å². The third-order valence-electron chi connectivity index (χ3n) is 4.27. The number of ether oxygens (including phenoxy) is 1. The summed E-state index contributed by atoms with van der Waals surface area (Å²) < 4.78 is 5.37. The molecular formula is C17H24N2O3. The first-order chi connectivity index (χ1) is 10.6. The van der Waals surface area contributed by atoms with Crippen molar-refractivity contribution in [3.63, 3.8) is 0 Å². The van der Waals surface area contributed by atoms with Crippen molar-refractivity contribution >= 4 is 11.8 Å². The van der Waals surface area contributed by atoms with E-state index in [0.29, 0.717) is 13.0 Å². The molecular weight excluding hydrogens is 280 g/mol. The first-order valence-corrected chi connectivity index (χ1v) is 7.74. The fourth-order valence-electron chi connectivity index (χ4n) is 2.81. The van der Waals surface area contributed by atoms with Crippen molar-refractivity contribution in [2.45, 2.75) is 32.2 Å². The highest BCUT2D eigenvalue weighted by Gasteiger charge is 2.30. The van der Waals surface area contributed by atoms with E-state index >= 15 is 0 Å². The second-order valence-corrected chi connectivity index (χ2v) is 5.72. The van der Waals surface area contributed by atoms with E-state index < -0.39 is 0 Å². The number of para-hydroxylation sites is 1. The lowest BCUT2D eigenvalue weighted by atomic mass is 9.94. The van der Waals surface area contributed by atoms with Crippen LogP contribution in [-0.4, -0.2) is 37.4 Å². The molecule has 1 fully saturated rings. The van der Waals surface area contributed by atoms with E-state index in [0.717, 1.165) is 24.2 Å². The standard InChI is InChI=1S/C17H24N2O3/c1-4-14(13-7-5-6-8-15(13)22-3)18-17(21)12-9-10-19(2)16(20)11-12/h5-8,12,14H,4,9-11H2,1-3H3,(H,18,21)/t12-,14-/m0/s1. The molecule has 1 saturated heterocycles. The first kappa shape index (κ1) is 16.3. The summed E-state index contributed by atoms with van der Waals surface area (Å²) in [6.45, 7) is 2.67. The molecule has 1 N–H and O–H groups in total. The van der Waals surface area contributed by atoms with E-state index in [4.69, 9.17) is 4.74 Å². The molecule has 2 amide bonds. The Morgan fingerprint density at radius 3 is 2.82 bits per heavy atom. The van der Waals surface area contributed by atoms with Crippen LogP contribution >= 0.6 is 0 Å². The van der Waals surface area contributed by atoms with Crippen molar-refractivity contribution in [1.82, 2.24) is 10.2 Å². The average molecular weight is 304 g/mol. The Bertz CT molecular complexity index is 544. The van der Waals surface area contributed by atoms with Gasteiger partial charge in [-0.15, -0.1) is 0 Å². The average Bonchev–Trinajstić information content (AvgIpc) is 2.54. The van der Waals surface area contributed by atoms with Gasteiger partial charge in [-0.25, -0.2) is 0 Å². The maximum Gasteiger partial charge on any atom is 0.224 e. The molecule has 0 radical (unpaired) electrons. The van der Waals surface area contributed by atoms with E-state index in [1.54, 1.807) is 19.1 Å². The zero-order valence-corrected chi connectivity index (χ0v) is 13.5. The minimum atomic E-state index is -0.229. The largest absolute Gasteiger partial charge is 0.496 e. The van der Waals surface area contributed by atoms with E-state index in [9.17, 15) is 9.59 Å². The van der Waals surface area contributed by atoms with Gasteiger partial charge >= 0.3 is 0 Å². The van der Waals surface area contributed by atoms with Crippen LogP contribution in [0.25, 0.3) is 0 Å². The van der Waals surface area contributed by atoms with Crippen LogP contribution in [0.2, 0.25) is 0 Å². The Balaban J connectivity index is 2.07. The maximum absolute atomic E-state index is 12.5. The third-order valence-corrected chi connectivity index (χ3v) is 4.27. The topological polar surface area (TPSA) is 58.6 Å². The molecule has 0 saturated carbocycles. The molecule has 1 aliphatic heterocycles. The molecule has 1 aliphatic rings. The lowest BCUT2D eigenvalue weighted by Gasteiger charge is -2.29. The summed E-state index contributed by atoms with van der Waals surface area (Å²) in [5.41, 5.74) is 0.972. The van der Waals surface area contributed by atoms with E-state index in [2.05, 4.69) is 5.32 Å². The molecule has 120 valence electrons. The van der Waals surface area contributed by atoms with Crippen LogP contribution in [0.4, 0.5) is 0 Å². The van der Waals surface area contributed by atoms with Crippen molar-refractivity contribution in [2.24, 2.45) is 5.92 Å². The highest BCUT2D eigenvalue weighted by atomic mass is 16.5. The van der Waals surface area contributed by atoms with Gasteiger partial charge in [0.1, 0.15) is 5.75 Å². The van der Waals surface area contributed by atoms with Crippen LogP contribution in [-0.2, 0) is 9.59 Å². The molecule has 0 spiro atoms. The van der Waals surface area contributed by atoms with E-state index in [1.165, 1.54) is 0 Å². The summed E-state index contributed by atoms with van der Waals surface area (Å²) in [7, 11) is 3.41. The number of nitrogens with zero attached hydrogens (tertiary/aromatic N) is 1. The number of hydrogen-bond donors (Lipinski definition) is 1. The minimum absolute atomic E-state index is 0.0386. The van der Waals surface area contributed by atoms with Crippen LogP contribution in [0.1, 0.15) is 37.8 Å². The number of carbonyl (C=O) groups excluding carboxylic acids is 2. The molecule has 0 aromatic heterocycles. The molecule has 2 rings (SSSR count). The normalized spacial score (nSPS) is 19.7. The van der Waals surface area contributed by atoms with Gasteiger partial charge in [0.2, 0.25) is 11.8 Å². The summed E-state index contributed by atoms with van der Waals surface area (Å²) >= 11 is 0. The van der Waals surface area contributed by atoms with Gasteiger partial charge in [0, 0.05) is 31.5 Å². The number of rotatable bonds is 5. The number of hydrogen-bond acceptors (Lipinski definition) is 3. The zero-order valence-electron chi connectivity index (χ0n) is 13.5. The number of nitrogens with one attached hydrogen (secondary N) is 1. The van der Waals surface area contributed by atoms with Crippen molar-refractivity contribution < 1.29 is 14.3 Å². The molecule has 1 aromatic rings. The van der Waals surface area contributed by atoms with Gasteiger partial charge in [-0.2, -0.15) is 0 Å². The molecule has 0 aliphatic carbocycles. The van der Waals surface area contributed by atoms with Crippen molar-refractivity contribution in [2.75, 3.05) is 20.7 Å². The number of carbonyl (C=O) groups is 2. The summed E-state index contributed by atoms with van der Waals surface area (Å²) in [4.78, 5) is 25.9. The Hall–Kier alpha value is -2.04. The number of amides is 2. The summed E-state index contributed by atoms with van der Waals surface area (Å²) in [6.07, 6.45) is 1.79. The molecule has 22 heavy (non-hydrogen) atoms. The fourth-order valence-corrected chi connectivity index (χ4v) is 2.81. The summed E-state index contributed by atoms with van der Waals surface area (Å²) in [6, 6.07) is 7.60. The van der Waals surface area contributed by atoms with Gasteiger partial charge in [0.15, 0.2) is 0 Å². The van der Waals surface area contributed by atoms with Crippen LogP contribution < -0.4 is 10.1 Å². The zero-order chi connectivity index (χ0) is 16.1. The molecule has 1 heterocycles. The number of likely N-dealkylation sites (tertiary alicyclic amines) is 1. The Morgan fingerprint density at radius 1 is 1.45 bits per heavy atom. The smallest absolute Gasteiger partial charge is 0.224 e. The van der Waals surface area contributed by atoms with E-state index in [-0.39, 0.29) is 23.8 Å². The van der Waals surface area contributed by atoms with Crippen molar-refractivity contribution in [1.29, 1.82) is 0 Å². The van der Waals surface area contributed by atoms with Gasteiger partial charge in [0.05, 0.1) is 13.2 Å². The quantitative estimate of drug-likeness (QED) is 0.906. The SMILES string of the molecule is CC[C@H](NC(=O)[C@H]1CCN(C)C(=O)C1)c1ccccc1OC. The van der Waals surface area contributed by atoms with Gasteiger partial charge in [0.25, 0.3) is 0 Å². The molecule has 5 heteroatoms. The second-order valence-electron chi connectivity index (χ2n) is 5.72. The Kier molecular flexibility index (Phi) is 5.41. The van der Waals surface area contributed by atoms with Crippen molar-refractivity contribution in [3.05, 3.63) is 29.8 Å². The maximum atomic E-state index is 12.5. The minimum Gasteiger partial charge on any atom is -0.496 e. The Morgan fingerprint density at radius 2 is 2.18 bits per heavy atom. The lowest BCUT2D eigenvalue weighted by Crippen LogP contribution is -2.42. The molecule has 0 bridgehead atoms. The molecule has 5 nitrogen and oxygen atoms in total. The van der Waals surface area contributed by atoms with Crippen LogP contribution in [0.3, 0.4) is 0 Å². The highest BCUT2D eigenvalue weighted by Crippen LogP contribution is 2.28. The van der Waals surface area contributed by atoms with Gasteiger partial charge in [-0.1, -0.05) is 25.1 Å². The van der Waals surface area contributed by atoms with Gasteiger partial charge in [-0.3, -0.25) is 9.59 Å². The molecule has 2 atom stereocenters. The predicted octanol–water partition coefficient (Wildman–Crippen LogP) is 2.13. The van der Waals surface area contributed by atoms with Crippen LogP contribution in [0.15, 0.2) is 24.3 Å². The van der Waals surface area contributed by atoms with Crippen LogP contribution in [0, 0.1) is 5.92 Å². The summed E-state index contributed by atoms with van der Waals surface area (Å²) in [5.74, 6) is 0.539. The van der Waals surface area contributed by atoms with Crippen molar-refractivity contribution in [3.8, 4) is 5.75 Å². The third kappa shape index (κ3) is 3.59. The highest BCUT2D eigenvalue weighted by molar-refractivity contribution is 5.87. The van der Waals surface area contributed by atoms with Crippen LogP contribution in [0.5, 0.6) is 5.75 Å². The first-order valence-electron chi connectivity index (χ1n) is 7.74. The summed E-state index contributed by atoms with van der Waals surface area (Å²) in [5, 5.41) is 3.07. The molecule has 0 unspecified atom stereocenters. The second kappa shape index (κ2) is 7.29. The number of methoxy groups -OCH3 is 1. The number of benzene rings is 1. The predicted molar refractivity (Wildman–Crippen MR) is 84.5 cm³/mol. The molecule has 1 aromatic carbocycles. The fraction of sp³-hybridized carbons (Fsp3) is 0.529.